The number of carbonyl (C=O) groups is 2. The Morgan fingerprint density at radius 3 is 2.47 bits per heavy atom. The zero-order valence-electron chi connectivity index (χ0n) is 7.38. The van der Waals surface area contributed by atoms with Crippen LogP contribution < -0.4 is 16.6 Å². The summed E-state index contributed by atoms with van der Waals surface area (Å²) in [4.78, 5) is 21.7. The second-order valence-electron chi connectivity index (χ2n) is 2.54. The van der Waals surface area contributed by atoms with Gasteiger partial charge in [-0.1, -0.05) is 29.3 Å². The second kappa shape index (κ2) is 4.86. The molecule has 3 amide bonds. The maximum atomic E-state index is 11.4. The molecule has 0 aliphatic carbocycles. The molecule has 0 fully saturated rings. The third-order valence-corrected chi connectivity index (χ3v) is 2.31. The van der Waals surface area contributed by atoms with Crippen LogP contribution in [0.3, 0.4) is 0 Å². The van der Waals surface area contributed by atoms with Crippen molar-refractivity contribution in [1.82, 2.24) is 10.9 Å². The van der Waals surface area contributed by atoms with Crippen molar-refractivity contribution in [2.24, 2.45) is 5.73 Å². The Balaban J connectivity index is 2.82. The molecular weight excluding hydrogens is 241 g/mol. The molecule has 0 spiro atoms. The van der Waals surface area contributed by atoms with Crippen LogP contribution in [0, 0.1) is 0 Å². The first-order valence-electron chi connectivity index (χ1n) is 3.82. The van der Waals surface area contributed by atoms with Gasteiger partial charge in [0, 0.05) is 0 Å². The molecule has 5 nitrogen and oxygen atoms in total. The van der Waals surface area contributed by atoms with Crippen LogP contribution in [0.15, 0.2) is 18.2 Å². The van der Waals surface area contributed by atoms with E-state index in [1.54, 1.807) is 12.1 Å². The van der Waals surface area contributed by atoms with Gasteiger partial charge in [-0.15, -0.1) is 0 Å². The molecule has 0 aliphatic heterocycles. The average molecular weight is 248 g/mol. The number of hydrazine groups is 1. The Kier molecular flexibility index (Phi) is 3.76. The number of hydrogen-bond donors (Lipinski definition) is 3. The number of carbonyl (C=O) groups excluding carboxylic acids is 2. The number of benzene rings is 1. The fraction of sp³-hybridized carbons (Fsp3) is 0. The smallest absolute Gasteiger partial charge is 0.330 e. The van der Waals surface area contributed by atoms with E-state index in [1.807, 2.05) is 5.43 Å². The van der Waals surface area contributed by atoms with Crippen LogP contribution >= 0.6 is 23.2 Å². The first-order chi connectivity index (χ1) is 7.02. The van der Waals surface area contributed by atoms with Crippen LogP contribution in [-0.4, -0.2) is 11.9 Å². The first-order valence-corrected chi connectivity index (χ1v) is 4.57. The van der Waals surface area contributed by atoms with Gasteiger partial charge >= 0.3 is 6.03 Å². The van der Waals surface area contributed by atoms with E-state index in [4.69, 9.17) is 28.9 Å². The summed E-state index contributed by atoms with van der Waals surface area (Å²) in [5, 5.41) is 0.367. The average Bonchev–Trinajstić information content (AvgIpc) is 2.18. The predicted octanol–water partition coefficient (Wildman–Crippen LogP) is 1.31. The summed E-state index contributed by atoms with van der Waals surface area (Å²) in [6.45, 7) is 0. The second-order valence-corrected chi connectivity index (χ2v) is 3.33. The summed E-state index contributed by atoms with van der Waals surface area (Å²) in [5.41, 5.74) is 8.90. The van der Waals surface area contributed by atoms with Gasteiger partial charge in [-0.05, 0) is 12.1 Å². The van der Waals surface area contributed by atoms with Crippen LogP contribution in [-0.2, 0) is 0 Å². The van der Waals surface area contributed by atoms with E-state index in [9.17, 15) is 9.59 Å². The highest BCUT2D eigenvalue weighted by Gasteiger charge is 2.12. The molecule has 0 radical (unpaired) electrons. The van der Waals surface area contributed by atoms with E-state index in [1.165, 1.54) is 6.07 Å². The molecule has 1 aromatic rings. The van der Waals surface area contributed by atoms with E-state index >= 15 is 0 Å². The monoisotopic (exact) mass is 247 g/mol. The normalized spacial score (nSPS) is 9.47. The number of rotatable bonds is 1. The first kappa shape index (κ1) is 11.6. The predicted molar refractivity (Wildman–Crippen MR) is 56.6 cm³/mol. The Morgan fingerprint density at radius 1 is 1.20 bits per heavy atom. The summed E-state index contributed by atoms with van der Waals surface area (Å²) in [5.74, 6) is -0.596. The minimum atomic E-state index is -0.874. The fourth-order valence-electron chi connectivity index (χ4n) is 0.865. The van der Waals surface area contributed by atoms with Gasteiger partial charge in [0.05, 0.1) is 15.6 Å². The molecule has 0 heterocycles. The molecule has 0 bridgehead atoms. The van der Waals surface area contributed by atoms with Crippen LogP contribution in [0.1, 0.15) is 10.4 Å². The third kappa shape index (κ3) is 3.00. The lowest BCUT2D eigenvalue weighted by atomic mass is 10.2. The van der Waals surface area contributed by atoms with Gasteiger partial charge in [-0.2, -0.15) is 0 Å². The molecule has 0 saturated heterocycles. The van der Waals surface area contributed by atoms with Crippen molar-refractivity contribution < 1.29 is 9.59 Å². The topological polar surface area (TPSA) is 84.2 Å². The number of hydrogen-bond acceptors (Lipinski definition) is 2. The molecule has 0 atom stereocenters. The number of nitrogens with one attached hydrogen (secondary N) is 2. The maximum absolute atomic E-state index is 11.4. The molecule has 7 heteroatoms. The van der Waals surface area contributed by atoms with Gasteiger partial charge in [0.1, 0.15) is 0 Å². The lowest BCUT2D eigenvalue weighted by molar-refractivity contribution is 0.0937. The van der Waals surface area contributed by atoms with Gasteiger partial charge in [0.25, 0.3) is 5.91 Å². The van der Waals surface area contributed by atoms with E-state index in [0.29, 0.717) is 0 Å². The van der Waals surface area contributed by atoms with E-state index in [-0.39, 0.29) is 15.6 Å². The summed E-state index contributed by atoms with van der Waals surface area (Å²) in [6.07, 6.45) is 0. The SMILES string of the molecule is NC(=O)NNC(=O)c1cccc(Cl)c1Cl. The number of urea groups is 1. The highest BCUT2D eigenvalue weighted by Crippen LogP contribution is 2.25. The molecular formula is C8H7Cl2N3O2. The van der Waals surface area contributed by atoms with Crippen molar-refractivity contribution in [3.63, 3.8) is 0 Å². The molecule has 80 valence electrons. The molecule has 4 N–H and O–H groups in total. The summed E-state index contributed by atoms with van der Waals surface area (Å²) < 4.78 is 0. The van der Waals surface area contributed by atoms with Crippen LogP contribution in [0.4, 0.5) is 4.79 Å². The van der Waals surface area contributed by atoms with Gasteiger partial charge < -0.3 is 5.73 Å². The number of halogens is 2. The standard InChI is InChI=1S/C8H7Cl2N3O2/c9-5-3-1-2-4(6(5)10)7(14)12-13-8(11)15/h1-3H,(H,12,14)(H3,11,13,15). The van der Waals surface area contributed by atoms with E-state index in [2.05, 4.69) is 5.43 Å². The van der Waals surface area contributed by atoms with Crippen LogP contribution in [0.2, 0.25) is 10.0 Å². The van der Waals surface area contributed by atoms with Gasteiger partial charge in [-0.3, -0.25) is 10.2 Å². The molecule has 0 saturated carbocycles. The van der Waals surface area contributed by atoms with Gasteiger partial charge in [0.2, 0.25) is 0 Å². The summed E-state index contributed by atoms with van der Waals surface area (Å²) >= 11 is 11.5. The van der Waals surface area contributed by atoms with Crippen molar-refractivity contribution in [1.29, 1.82) is 0 Å². The van der Waals surface area contributed by atoms with E-state index < -0.39 is 11.9 Å². The molecule has 1 rings (SSSR count). The zero-order valence-corrected chi connectivity index (χ0v) is 8.89. The molecule has 0 aromatic heterocycles. The third-order valence-electron chi connectivity index (χ3n) is 1.50. The van der Waals surface area contributed by atoms with E-state index in [0.717, 1.165) is 0 Å². The minimum Gasteiger partial charge on any atom is -0.350 e. The molecule has 1 aromatic carbocycles. The minimum absolute atomic E-state index is 0.114. The van der Waals surface area contributed by atoms with Crippen molar-refractivity contribution in [3.05, 3.63) is 33.8 Å². The lowest BCUT2D eigenvalue weighted by Gasteiger charge is -2.06. The number of primary amides is 1. The molecule has 0 unspecified atom stereocenters. The highest BCUT2D eigenvalue weighted by molar-refractivity contribution is 6.43. The van der Waals surface area contributed by atoms with Gasteiger partial charge in [0.15, 0.2) is 0 Å². The van der Waals surface area contributed by atoms with Crippen molar-refractivity contribution in [2.75, 3.05) is 0 Å². The highest BCUT2D eigenvalue weighted by atomic mass is 35.5. The lowest BCUT2D eigenvalue weighted by Crippen LogP contribution is -2.44. The number of nitrogens with two attached hydrogens (primary N) is 1. The molecule has 0 aliphatic rings. The maximum Gasteiger partial charge on any atom is 0.330 e. The Hall–Kier alpha value is -1.46. The quantitative estimate of drug-likeness (QED) is 0.654. The largest absolute Gasteiger partial charge is 0.350 e. The number of amides is 3. The van der Waals surface area contributed by atoms with Crippen LogP contribution in [0.5, 0.6) is 0 Å². The van der Waals surface area contributed by atoms with Crippen molar-refractivity contribution >= 4 is 35.1 Å². The summed E-state index contributed by atoms with van der Waals surface area (Å²) in [6, 6.07) is 3.70. The van der Waals surface area contributed by atoms with Crippen molar-refractivity contribution in [3.8, 4) is 0 Å². The van der Waals surface area contributed by atoms with Gasteiger partial charge in [-0.25, -0.2) is 10.2 Å². The Bertz CT molecular complexity index is 409. The molecule has 15 heavy (non-hydrogen) atoms. The zero-order chi connectivity index (χ0) is 11.4. The Labute approximate surface area is 95.5 Å². The summed E-state index contributed by atoms with van der Waals surface area (Å²) in [7, 11) is 0. The fourth-order valence-corrected chi connectivity index (χ4v) is 1.25. The van der Waals surface area contributed by atoms with Crippen LogP contribution in [0.25, 0.3) is 0 Å². The van der Waals surface area contributed by atoms with Crippen molar-refractivity contribution in [2.45, 2.75) is 0 Å². The Morgan fingerprint density at radius 2 is 1.87 bits per heavy atom.